The Morgan fingerprint density at radius 3 is 1.26 bits per heavy atom. The average molecular weight is 609 g/mol. The number of imidazole rings is 2. The summed E-state index contributed by atoms with van der Waals surface area (Å²) in [6.45, 7) is 0. The summed E-state index contributed by atoms with van der Waals surface area (Å²) in [6, 6.07) is 41.0. The molecule has 0 saturated carbocycles. The van der Waals surface area contributed by atoms with Crippen molar-refractivity contribution in [2.75, 3.05) is 0 Å². The van der Waals surface area contributed by atoms with Gasteiger partial charge in [-0.15, -0.1) is 0 Å². The first-order chi connectivity index (χ1) is 23.3. The van der Waals surface area contributed by atoms with E-state index in [1.807, 2.05) is 70.1 Å². The second-order valence-corrected chi connectivity index (χ2v) is 11.0. The third-order valence-electron chi connectivity index (χ3n) is 8.30. The van der Waals surface area contributed by atoms with Crippen LogP contribution < -0.4 is 0 Å². The standard InChI is InChI=1S/C39H28N8/c1-3-9-31(10-4-1)39(32-11-5-2-6-12-32,33-13-7-15-35(44-33)46-27-25-42-37(46)29-17-21-40-22-18-29)34-14-8-16-36(45-34)47-28-26-43-38(47)30-19-23-41-24-20-30/h1-28H. The molecule has 8 nitrogen and oxygen atoms in total. The second kappa shape index (κ2) is 12.1. The number of nitrogens with zero attached hydrogens (tertiary/aromatic N) is 8. The van der Waals surface area contributed by atoms with Crippen molar-refractivity contribution in [3.8, 4) is 34.4 Å². The third kappa shape index (κ3) is 4.98. The summed E-state index contributed by atoms with van der Waals surface area (Å²) >= 11 is 0. The molecule has 0 spiro atoms. The monoisotopic (exact) mass is 608 g/mol. The van der Waals surface area contributed by atoms with Crippen LogP contribution in [0.1, 0.15) is 22.5 Å². The van der Waals surface area contributed by atoms with Crippen molar-refractivity contribution in [2.24, 2.45) is 0 Å². The summed E-state index contributed by atoms with van der Waals surface area (Å²) in [4.78, 5) is 28.5. The molecule has 0 saturated heterocycles. The number of hydrogen-bond acceptors (Lipinski definition) is 6. The highest BCUT2D eigenvalue weighted by atomic mass is 15.1. The van der Waals surface area contributed by atoms with E-state index >= 15 is 0 Å². The molecule has 6 heterocycles. The molecule has 0 unspecified atom stereocenters. The van der Waals surface area contributed by atoms with Crippen LogP contribution in [-0.4, -0.2) is 39.0 Å². The maximum absolute atomic E-state index is 5.40. The van der Waals surface area contributed by atoms with Crippen LogP contribution in [0.15, 0.2) is 171 Å². The van der Waals surface area contributed by atoms with Crippen LogP contribution >= 0.6 is 0 Å². The Morgan fingerprint density at radius 2 is 0.830 bits per heavy atom. The lowest BCUT2D eigenvalue weighted by Crippen LogP contribution is -2.33. The van der Waals surface area contributed by atoms with Gasteiger partial charge in [-0.05, 0) is 59.7 Å². The van der Waals surface area contributed by atoms with Crippen LogP contribution in [0.3, 0.4) is 0 Å². The van der Waals surface area contributed by atoms with Crippen molar-refractivity contribution in [3.05, 3.63) is 193 Å². The van der Waals surface area contributed by atoms with Crippen molar-refractivity contribution in [1.82, 2.24) is 39.0 Å². The Hall–Kier alpha value is -6.54. The van der Waals surface area contributed by atoms with E-state index in [-0.39, 0.29) is 0 Å². The van der Waals surface area contributed by atoms with Crippen LogP contribution in [0.5, 0.6) is 0 Å². The van der Waals surface area contributed by atoms with Gasteiger partial charge in [-0.25, -0.2) is 19.9 Å². The van der Waals surface area contributed by atoms with E-state index in [9.17, 15) is 0 Å². The normalized spacial score (nSPS) is 11.4. The molecule has 8 aromatic rings. The van der Waals surface area contributed by atoms with Crippen LogP contribution in [-0.2, 0) is 5.41 Å². The lowest BCUT2D eigenvalue weighted by molar-refractivity contribution is 0.680. The molecule has 0 N–H and O–H groups in total. The van der Waals surface area contributed by atoms with Gasteiger partial charge in [0.2, 0.25) is 0 Å². The van der Waals surface area contributed by atoms with E-state index in [1.165, 1.54) is 0 Å². The number of benzene rings is 2. The van der Waals surface area contributed by atoms with Gasteiger partial charge < -0.3 is 0 Å². The van der Waals surface area contributed by atoms with Gasteiger partial charge in [0.15, 0.2) is 0 Å². The Labute approximate surface area is 271 Å². The molecule has 0 bridgehead atoms. The molecular formula is C39H28N8. The van der Waals surface area contributed by atoms with Gasteiger partial charge in [-0.3, -0.25) is 19.1 Å². The molecule has 0 aliphatic carbocycles. The van der Waals surface area contributed by atoms with E-state index in [2.05, 4.69) is 92.7 Å². The number of hydrogen-bond donors (Lipinski definition) is 0. The molecule has 6 aromatic heterocycles. The van der Waals surface area contributed by atoms with Crippen LogP contribution in [0, 0.1) is 0 Å². The Morgan fingerprint density at radius 1 is 0.404 bits per heavy atom. The smallest absolute Gasteiger partial charge is 0.145 e. The van der Waals surface area contributed by atoms with Gasteiger partial charge in [0.25, 0.3) is 0 Å². The predicted molar refractivity (Wildman–Crippen MR) is 181 cm³/mol. The molecular weight excluding hydrogens is 580 g/mol. The van der Waals surface area contributed by atoms with Crippen molar-refractivity contribution >= 4 is 0 Å². The zero-order valence-corrected chi connectivity index (χ0v) is 25.2. The molecule has 0 amide bonds. The lowest BCUT2D eigenvalue weighted by atomic mass is 9.69. The summed E-state index contributed by atoms with van der Waals surface area (Å²) in [5.41, 5.74) is 4.77. The maximum atomic E-state index is 5.40. The van der Waals surface area contributed by atoms with Crippen molar-refractivity contribution in [2.45, 2.75) is 5.41 Å². The molecule has 8 heteroatoms. The second-order valence-electron chi connectivity index (χ2n) is 11.0. The number of aromatic nitrogens is 8. The molecule has 47 heavy (non-hydrogen) atoms. The first kappa shape index (κ1) is 28.0. The summed E-state index contributed by atoms with van der Waals surface area (Å²) in [7, 11) is 0. The highest BCUT2D eigenvalue weighted by molar-refractivity contribution is 5.61. The Balaban J connectivity index is 1.37. The molecule has 224 valence electrons. The summed E-state index contributed by atoms with van der Waals surface area (Å²) in [5, 5.41) is 0. The van der Waals surface area contributed by atoms with Crippen LogP contribution in [0.4, 0.5) is 0 Å². The topological polar surface area (TPSA) is 87.2 Å². The van der Waals surface area contributed by atoms with E-state index < -0.39 is 5.41 Å². The summed E-state index contributed by atoms with van der Waals surface area (Å²) in [5.74, 6) is 3.06. The fourth-order valence-corrected chi connectivity index (χ4v) is 6.20. The highest BCUT2D eigenvalue weighted by Crippen LogP contribution is 2.44. The van der Waals surface area contributed by atoms with Gasteiger partial charge in [-0.1, -0.05) is 72.8 Å². The Bertz CT molecular complexity index is 2080. The molecule has 8 rings (SSSR count). The van der Waals surface area contributed by atoms with E-state index in [0.29, 0.717) is 0 Å². The van der Waals surface area contributed by atoms with Gasteiger partial charge in [0.1, 0.15) is 28.7 Å². The van der Waals surface area contributed by atoms with Crippen LogP contribution in [0.25, 0.3) is 34.4 Å². The molecule has 2 aromatic carbocycles. The largest absolute Gasteiger partial charge is 0.284 e. The zero-order chi connectivity index (χ0) is 31.5. The van der Waals surface area contributed by atoms with Gasteiger partial charge in [0.05, 0.1) is 11.4 Å². The van der Waals surface area contributed by atoms with E-state index in [1.54, 1.807) is 37.2 Å². The van der Waals surface area contributed by atoms with Gasteiger partial charge in [0, 0.05) is 60.7 Å². The fourth-order valence-electron chi connectivity index (χ4n) is 6.20. The first-order valence-corrected chi connectivity index (χ1v) is 15.3. The van der Waals surface area contributed by atoms with Gasteiger partial charge in [-0.2, -0.15) is 0 Å². The summed E-state index contributed by atoms with van der Waals surface area (Å²) in [6.07, 6.45) is 14.5. The predicted octanol–water partition coefficient (Wildman–Crippen LogP) is 7.35. The minimum atomic E-state index is -0.872. The minimum absolute atomic E-state index is 0.744. The number of pyridine rings is 4. The Kier molecular flexibility index (Phi) is 7.20. The SMILES string of the molecule is c1ccc(C(c2ccccc2)(c2cccc(-n3ccnc3-c3ccncc3)n2)c2cccc(-n3ccnc3-c3ccncc3)n2)cc1. The molecule has 0 atom stereocenters. The molecule has 0 fully saturated rings. The van der Waals surface area contributed by atoms with Crippen LogP contribution in [0.2, 0.25) is 0 Å². The van der Waals surface area contributed by atoms with Gasteiger partial charge >= 0.3 is 0 Å². The highest BCUT2D eigenvalue weighted by Gasteiger charge is 2.41. The number of rotatable bonds is 8. The van der Waals surface area contributed by atoms with E-state index in [4.69, 9.17) is 9.97 Å². The molecule has 0 aliphatic rings. The van der Waals surface area contributed by atoms with E-state index in [0.717, 1.165) is 56.9 Å². The molecule has 0 aliphatic heterocycles. The average Bonchev–Trinajstić information content (AvgIpc) is 3.85. The summed E-state index contributed by atoms with van der Waals surface area (Å²) < 4.78 is 4.02. The lowest BCUT2D eigenvalue weighted by Gasteiger charge is -2.35. The first-order valence-electron chi connectivity index (χ1n) is 15.3. The fraction of sp³-hybridized carbons (Fsp3) is 0.0256. The minimum Gasteiger partial charge on any atom is -0.284 e. The van der Waals surface area contributed by atoms with Crippen molar-refractivity contribution < 1.29 is 0 Å². The maximum Gasteiger partial charge on any atom is 0.145 e. The van der Waals surface area contributed by atoms with Crippen molar-refractivity contribution in [3.63, 3.8) is 0 Å². The quantitative estimate of drug-likeness (QED) is 0.179. The van der Waals surface area contributed by atoms with Crippen molar-refractivity contribution in [1.29, 1.82) is 0 Å². The zero-order valence-electron chi connectivity index (χ0n) is 25.2. The molecule has 0 radical (unpaired) electrons. The third-order valence-corrected chi connectivity index (χ3v) is 8.30.